The highest BCUT2D eigenvalue weighted by Crippen LogP contribution is 2.26. The van der Waals surface area contributed by atoms with Crippen LogP contribution in [-0.4, -0.2) is 5.84 Å². The van der Waals surface area contributed by atoms with Crippen molar-refractivity contribution in [3.05, 3.63) is 65.2 Å². The number of nitrogens with zero attached hydrogens (tertiary/aromatic N) is 1. The lowest BCUT2D eigenvalue weighted by Gasteiger charge is -2.10. The van der Waals surface area contributed by atoms with Crippen LogP contribution in [0.5, 0.6) is 0 Å². The number of amidine groups is 1. The first kappa shape index (κ1) is 13.3. The van der Waals surface area contributed by atoms with Crippen LogP contribution in [0.1, 0.15) is 30.5 Å². The predicted octanol–water partition coefficient (Wildman–Crippen LogP) is 3.85. The van der Waals surface area contributed by atoms with Gasteiger partial charge in [-0.25, -0.2) is 4.99 Å². The minimum Gasteiger partial charge on any atom is -0.383 e. The Kier molecular flexibility index (Phi) is 4.35. The second kappa shape index (κ2) is 6.19. The number of benzene rings is 2. The van der Waals surface area contributed by atoms with Gasteiger partial charge in [-0.2, -0.15) is 0 Å². The zero-order valence-corrected chi connectivity index (χ0v) is 11.6. The highest BCUT2D eigenvalue weighted by atomic mass is 14.9. The molecule has 0 unspecified atom stereocenters. The Bertz CT molecular complexity index is 549. The molecular formula is C17H20N2. The van der Waals surface area contributed by atoms with Crippen molar-refractivity contribution in [2.45, 2.75) is 26.7 Å². The Morgan fingerprint density at radius 3 is 2.00 bits per heavy atom. The maximum Gasteiger partial charge on any atom is 0.131 e. The first-order chi connectivity index (χ1) is 9.26. The molecule has 0 atom stereocenters. The van der Waals surface area contributed by atoms with Crippen LogP contribution in [0.15, 0.2) is 53.5 Å². The van der Waals surface area contributed by atoms with Crippen LogP contribution < -0.4 is 5.73 Å². The Morgan fingerprint density at radius 2 is 1.47 bits per heavy atom. The number of hydrogen-bond donors (Lipinski definition) is 1. The third kappa shape index (κ3) is 3.02. The molecule has 0 spiro atoms. The van der Waals surface area contributed by atoms with Crippen molar-refractivity contribution >= 4 is 11.5 Å². The van der Waals surface area contributed by atoms with E-state index in [2.05, 4.69) is 37.0 Å². The molecule has 0 aliphatic heterocycles. The van der Waals surface area contributed by atoms with Crippen LogP contribution in [0, 0.1) is 0 Å². The van der Waals surface area contributed by atoms with Gasteiger partial charge in [0.15, 0.2) is 0 Å². The third-order valence-corrected chi connectivity index (χ3v) is 3.27. The predicted molar refractivity (Wildman–Crippen MR) is 82.0 cm³/mol. The first-order valence-electron chi connectivity index (χ1n) is 6.76. The van der Waals surface area contributed by atoms with E-state index in [0.717, 1.165) is 24.1 Å². The fraction of sp³-hybridized carbons (Fsp3) is 0.235. The van der Waals surface area contributed by atoms with Crippen LogP contribution in [0.25, 0.3) is 0 Å². The number of aliphatic imine (C=N–C) groups is 1. The van der Waals surface area contributed by atoms with Gasteiger partial charge in [0.1, 0.15) is 5.84 Å². The highest BCUT2D eigenvalue weighted by Gasteiger charge is 2.06. The Balaban J connectivity index is 2.47. The normalized spacial score (nSPS) is 11.6. The Hall–Kier alpha value is -2.09. The lowest BCUT2D eigenvalue weighted by atomic mass is 10.0. The van der Waals surface area contributed by atoms with E-state index < -0.39 is 0 Å². The SMILES string of the molecule is CCc1cccc(CC)c1N=C(N)c1ccccc1. The van der Waals surface area contributed by atoms with Crippen molar-refractivity contribution in [1.29, 1.82) is 0 Å². The monoisotopic (exact) mass is 252 g/mol. The van der Waals surface area contributed by atoms with Gasteiger partial charge >= 0.3 is 0 Å². The van der Waals surface area contributed by atoms with E-state index in [1.165, 1.54) is 11.1 Å². The number of rotatable bonds is 4. The quantitative estimate of drug-likeness (QED) is 0.651. The summed E-state index contributed by atoms with van der Waals surface area (Å²) in [6.45, 7) is 4.29. The van der Waals surface area contributed by atoms with Gasteiger partial charge in [0.25, 0.3) is 0 Å². The van der Waals surface area contributed by atoms with Crippen LogP contribution in [0.4, 0.5) is 5.69 Å². The molecular weight excluding hydrogens is 232 g/mol. The van der Waals surface area contributed by atoms with Crippen LogP contribution in [0.2, 0.25) is 0 Å². The van der Waals surface area contributed by atoms with E-state index in [-0.39, 0.29) is 0 Å². The molecule has 2 nitrogen and oxygen atoms in total. The minimum absolute atomic E-state index is 0.580. The zero-order valence-electron chi connectivity index (χ0n) is 11.6. The smallest absolute Gasteiger partial charge is 0.131 e. The van der Waals surface area contributed by atoms with Crippen molar-refractivity contribution in [2.75, 3.05) is 0 Å². The Labute approximate surface area is 115 Å². The van der Waals surface area contributed by atoms with E-state index in [9.17, 15) is 0 Å². The second-order valence-corrected chi connectivity index (χ2v) is 4.50. The molecule has 0 bridgehead atoms. The number of nitrogens with two attached hydrogens (primary N) is 1. The van der Waals surface area contributed by atoms with Crippen LogP contribution in [-0.2, 0) is 12.8 Å². The largest absolute Gasteiger partial charge is 0.383 e. The molecule has 0 amide bonds. The molecule has 2 aromatic carbocycles. The molecule has 2 heteroatoms. The molecule has 0 radical (unpaired) electrons. The molecule has 0 aliphatic rings. The summed E-state index contributed by atoms with van der Waals surface area (Å²) >= 11 is 0. The standard InChI is InChI=1S/C17H20N2/c1-3-13-11-8-12-14(4-2)16(13)19-17(18)15-9-6-5-7-10-15/h5-12H,3-4H2,1-2H3,(H2,18,19). The van der Waals surface area contributed by atoms with E-state index in [4.69, 9.17) is 5.73 Å². The highest BCUT2D eigenvalue weighted by molar-refractivity contribution is 5.99. The maximum atomic E-state index is 6.12. The van der Waals surface area contributed by atoms with Crippen molar-refractivity contribution in [1.82, 2.24) is 0 Å². The summed E-state index contributed by atoms with van der Waals surface area (Å²) in [4.78, 5) is 4.67. The lowest BCUT2D eigenvalue weighted by molar-refractivity contribution is 1.08. The molecule has 0 saturated carbocycles. The lowest BCUT2D eigenvalue weighted by Crippen LogP contribution is -2.12. The van der Waals surface area contributed by atoms with E-state index in [0.29, 0.717) is 5.84 Å². The summed E-state index contributed by atoms with van der Waals surface area (Å²) in [6, 6.07) is 16.2. The van der Waals surface area contributed by atoms with Gasteiger partial charge in [0, 0.05) is 5.56 Å². The van der Waals surface area contributed by atoms with Gasteiger partial charge in [0.05, 0.1) is 5.69 Å². The molecule has 2 aromatic rings. The summed E-state index contributed by atoms with van der Waals surface area (Å²) in [6.07, 6.45) is 1.93. The van der Waals surface area contributed by atoms with Crippen molar-refractivity contribution in [2.24, 2.45) is 10.7 Å². The zero-order chi connectivity index (χ0) is 13.7. The maximum absolute atomic E-state index is 6.12. The van der Waals surface area contributed by atoms with Gasteiger partial charge in [-0.1, -0.05) is 62.4 Å². The third-order valence-electron chi connectivity index (χ3n) is 3.27. The van der Waals surface area contributed by atoms with Crippen LogP contribution in [0.3, 0.4) is 0 Å². The second-order valence-electron chi connectivity index (χ2n) is 4.50. The average Bonchev–Trinajstić information content (AvgIpc) is 2.48. The summed E-state index contributed by atoms with van der Waals surface area (Å²) in [7, 11) is 0. The van der Waals surface area contributed by atoms with Gasteiger partial charge in [0.2, 0.25) is 0 Å². The van der Waals surface area contributed by atoms with E-state index in [1.54, 1.807) is 0 Å². The molecule has 0 heterocycles. The van der Waals surface area contributed by atoms with E-state index in [1.807, 2.05) is 30.3 Å². The van der Waals surface area contributed by atoms with Crippen LogP contribution >= 0.6 is 0 Å². The number of hydrogen-bond acceptors (Lipinski definition) is 1. The molecule has 0 aromatic heterocycles. The van der Waals surface area contributed by atoms with Crippen molar-refractivity contribution in [3.8, 4) is 0 Å². The van der Waals surface area contributed by atoms with Gasteiger partial charge in [-0.05, 0) is 24.0 Å². The fourth-order valence-corrected chi connectivity index (χ4v) is 2.15. The Morgan fingerprint density at radius 1 is 0.895 bits per heavy atom. The topological polar surface area (TPSA) is 38.4 Å². The summed E-state index contributed by atoms with van der Waals surface area (Å²) in [5.74, 6) is 0.580. The molecule has 2 N–H and O–H groups in total. The van der Waals surface area contributed by atoms with Crippen molar-refractivity contribution in [3.63, 3.8) is 0 Å². The molecule has 2 rings (SSSR count). The van der Waals surface area contributed by atoms with E-state index >= 15 is 0 Å². The first-order valence-corrected chi connectivity index (χ1v) is 6.76. The fourth-order valence-electron chi connectivity index (χ4n) is 2.15. The molecule has 0 saturated heterocycles. The number of aryl methyl sites for hydroxylation is 2. The molecule has 0 fully saturated rings. The molecule has 98 valence electrons. The molecule has 19 heavy (non-hydrogen) atoms. The van der Waals surface area contributed by atoms with Gasteiger partial charge in [-0.15, -0.1) is 0 Å². The summed E-state index contributed by atoms with van der Waals surface area (Å²) < 4.78 is 0. The summed E-state index contributed by atoms with van der Waals surface area (Å²) in [5, 5.41) is 0. The summed E-state index contributed by atoms with van der Waals surface area (Å²) in [5.41, 5.74) is 10.6. The van der Waals surface area contributed by atoms with Crippen molar-refractivity contribution < 1.29 is 0 Å². The minimum atomic E-state index is 0.580. The number of para-hydroxylation sites is 1. The molecule has 0 aliphatic carbocycles. The average molecular weight is 252 g/mol. The van der Waals surface area contributed by atoms with Gasteiger partial charge in [-0.3, -0.25) is 0 Å². The van der Waals surface area contributed by atoms with Gasteiger partial charge < -0.3 is 5.73 Å².